The summed E-state index contributed by atoms with van der Waals surface area (Å²) in [5.74, 6) is 0.875. The molecule has 3 N–H and O–H groups in total. The second kappa shape index (κ2) is 8.61. The van der Waals surface area contributed by atoms with Crippen molar-refractivity contribution in [1.82, 2.24) is 15.0 Å². The van der Waals surface area contributed by atoms with Crippen LogP contribution >= 0.6 is 0 Å². The van der Waals surface area contributed by atoms with Gasteiger partial charge >= 0.3 is 6.01 Å². The van der Waals surface area contributed by atoms with Crippen molar-refractivity contribution in [3.05, 3.63) is 0 Å². The molecule has 0 amide bonds. The second-order valence-electron chi connectivity index (χ2n) is 5.24. The van der Waals surface area contributed by atoms with E-state index in [1.165, 1.54) is 0 Å². The van der Waals surface area contributed by atoms with Crippen LogP contribution in [0, 0.1) is 0 Å². The zero-order valence-corrected chi connectivity index (χ0v) is 13.4. The Labute approximate surface area is 126 Å². The number of aliphatic hydroxyl groups is 1. The fourth-order valence-corrected chi connectivity index (χ4v) is 1.83. The van der Waals surface area contributed by atoms with Crippen LogP contribution < -0.4 is 15.4 Å². The first-order chi connectivity index (χ1) is 10.0. The lowest BCUT2D eigenvalue weighted by atomic mass is 10.0. The van der Waals surface area contributed by atoms with Gasteiger partial charge in [0.25, 0.3) is 0 Å². The zero-order chi connectivity index (χ0) is 15.7. The third-order valence-corrected chi connectivity index (χ3v) is 2.80. The Balaban J connectivity index is 2.77. The van der Waals surface area contributed by atoms with Crippen LogP contribution in [0.3, 0.4) is 0 Å². The molecule has 1 unspecified atom stereocenters. The SMILES string of the molecule is CCCOc1nc(NCC)nc(NCC(C)(O)CCC)n1. The molecule has 0 spiro atoms. The first kappa shape index (κ1) is 17.4. The van der Waals surface area contributed by atoms with Gasteiger partial charge in [-0.2, -0.15) is 15.0 Å². The maximum Gasteiger partial charge on any atom is 0.323 e. The lowest BCUT2D eigenvalue weighted by Gasteiger charge is -2.23. The molecule has 0 aromatic carbocycles. The van der Waals surface area contributed by atoms with Gasteiger partial charge in [-0.3, -0.25) is 0 Å². The van der Waals surface area contributed by atoms with E-state index in [1.54, 1.807) is 6.92 Å². The Morgan fingerprint density at radius 3 is 2.29 bits per heavy atom. The second-order valence-corrected chi connectivity index (χ2v) is 5.24. The summed E-state index contributed by atoms with van der Waals surface area (Å²) in [6.45, 7) is 9.47. The number of rotatable bonds is 10. The average Bonchev–Trinajstić information content (AvgIpc) is 2.43. The lowest BCUT2D eigenvalue weighted by Crippen LogP contribution is -2.33. The summed E-state index contributed by atoms with van der Waals surface area (Å²) in [5, 5.41) is 16.3. The number of anilines is 2. The van der Waals surface area contributed by atoms with E-state index >= 15 is 0 Å². The highest BCUT2D eigenvalue weighted by Crippen LogP contribution is 2.15. The predicted molar refractivity (Wildman–Crippen MR) is 83.8 cm³/mol. The molecule has 1 rings (SSSR count). The molecule has 1 aromatic rings. The number of hydrogen-bond donors (Lipinski definition) is 3. The maximum atomic E-state index is 10.2. The molecule has 120 valence electrons. The van der Waals surface area contributed by atoms with Crippen molar-refractivity contribution in [2.75, 3.05) is 30.3 Å². The summed E-state index contributed by atoms with van der Waals surface area (Å²) in [6.07, 6.45) is 2.51. The highest BCUT2D eigenvalue weighted by molar-refractivity contribution is 5.36. The molecule has 0 saturated heterocycles. The quantitative estimate of drug-likeness (QED) is 0.608. The summed E-state index contributed by atoms with van der Waals surface area (Å²) in [4.78, 5) is 12.7. The molecule has 1 heterocycles. The normalized spacial score (nSPS) is 13.6. The van der Waals surface area contributed by atoms with Crippen LogP contribution in [-0.4, -0.2) is 45.4 Å². The Hall–Kier alpha value is -1.63. The van der Waals surface area contributed by atoms with Crippen molar-refractivity contribution in [2.24, 2.45) is 0 Å². The van der Waals surface area contributed by atoms with Gasteiger partial charge in [-0.25, -0.2) is 0 Å². The van der Waals surface area contributed by atoms with Crippen molar-refractivity contribution in [3.63, 3.8) is 0 Å². The van der Waals surface area contributed by atoms with E-state index in [4.69, 9.17) is 4.74 Å². The largest absolute Gasteiger partial charge is 0.463 e. The van der Waals surface area contributed by atoms with Gasteiger partial charge in [0, 0.05) is 13.1 Å². The van der Waals surface area contributed by atoms with Crippen LogP contribution in [0.2, 0.25) is 0 Å². The zero-order valence-electron chi connectivity index (χ0n) is 13.4. The molecule has 0 aliphatic heterocycles. The lowest BCUT2D eigenvalue weighted by molar-refractivity contribution is 0.0635. The van der Waals surface area contributed by atoms with E-state index < -0.39 is 5.60 Å². The molecular formula is C14H27N5O2. The predicted octanol–water partition coefficient (Wildman–Crippen LogP) is 2.06. The molecule has 1 aromatic heterocycles. The average molecular weight is 297 g/mol. The standard InChI is InChI=1S/C14H27N5O2/c1-5-8-14(4,20)10-16-12-17-11(15-7-3)18-13(19-12)21-9-6-2/h20H,5-10H2,1-4H3,(H2,15,16,17,18,19). The fraction of sp³-hybridized carbons (Fsp3) is 0.786. The molecule has 0 aliphatic rings. The van der Waals surface area contributed by atoms with Crippen LogP contribution in [0.25, 0.3) is 0 Å². The minimum Gasteiger partial charge on any atom is -0.463 e. The van der Waals surface area contributed by atoms with Crippen LogP contribution in [-0.2, 0) is 0 Å². The Kier molecular flexibility index (Phi) is 7.14. The van der Waals surface area contributed by atoms with E-state index in [9.17, 15) is 5.11 Å². The fourth-order valence-electron chi connectivity index (χ4n) is 1.83. The number of nitrogens with one attached hydrogen (secondary N) is 2. The van der Waals surface area contributed by atoms with E-state index in [0.717, 1.165) is 12.8 Å². The first-order valence-electron chi connectivity index (χ1n) is 7.59. The Morgan fingerprint density at radius 2 is 1.71 bits per heavy atom. The molecule has 0 radical (unpaired) electrons. The van der Waals surface area contributed by atoms with E-state index in [0.29, 0.717) is 44.0 Å². The smallest absolute Gasteiger partial charge is 0.323 e. The molecular weight excluding hydrogens is 270 g/mol. The van der Waals surface area contributed by atoms with Gasteiger partial charge < -0.3 is 20.5 Å². The van der Waals surface area contributed by atoms with Crippen LogP contribution in [0.4, 0.5) is 11.9 Å². The van der Waals surface area contributed by atoms with Crippen molar-refractivity contribution in [3.8, 4) is 6.01 Å². The molecule has 0 fully saturated rings. The van der Waals surface area contributed by atoms with Gasteiger partial charge in [-0.15, -0.1) is 0 Å². The summed E-state index contributed by atoms with van der Waals surface area (Å²) in [7, 11) is 0. The van der Waals surface area contributed by atoms with E-state index in [1.807, 2.05) is 20.8 Å². The van der Waals surface area contributed by atoms with Crippen LogP contribution in [0.5, 0.6) is 6.01 Å². The van der Waals surface area contributed by atoms with Crippen LogP contribution in [0.15, 0.2) is 0 Å². The molecule has 7 heteroatoms. The molecule has 0 saturated carbocycles. The minimum atomic E-state index is -0.788. The highest BCUT2D eigenvalue weighted by atomic mass is 16.5. The number of hydrogen-bond acceptors (Lipinski definition) is 7. The molecule has 7 nitrogen and oxygen atoms in total. The summed E-state index contributed by atoms with van der Waals surface area (Å²) < 4.78 is 5.46. The molecule has 21 heavy (non-hydrogen) atoms. The van der Waals surface area contributed by atoms with Crippen LogP contribution in [0.1, 0.15) is 47.0 Å². The summed E-state index contributed by atoms with van der Waals surface area (Å²) in [6, 6.07) is 0.292. The number of aromatic nitrogens is 3. The number of nitrogens with zero attached hydrogens (tertiary/aromatic N) is 3. The molecule has 1 atom stereocenters. The van der Waals surface area contributed by atoms with Crippen molar-refractivity contribution >= 4 is 11.9 Å². The van der Waals surface area contributed by atoms with Gasteiger partial charge in [0.1, 0.15) is 0 Å². The summed E-state index contributed by atoms with van der Waals surface area (Å²) >= 11 is 0. The van der Waals surface area contributed by atoms with E-state index in [2.05, 4.69) is 25.6 Å². The van der Waals surface area contributed by atoms with E-state index in [-0.39, 0.29) is 0 Å². The molecule has 0 bridgehead atoms. The Morgan fingerprint density at radius 1 is 1.05 bits per heavy atom. The molecule has 0 aliphatic carbocycles. The van der Waals surface area contributed by atoms with Gasteiger partial charge in [-0.1, -0.05) is 20.3 Å². The highest BCUT2D eigenvalue weighted by Gasteiger charge is 2.19. The summed E-state index contributed by atoms with van der Waals surface area (Å²) in [5.41, 5.74) is -0.788. The third-order valence-electron chi connectivity index (χ3n) is 2.80. The minimum absolute atomic E-state index is 0.292. The monoisotopic (exact) mass is 297 g/mol. The van der Waals surface area contributed by atoms with Crippen molar-refractivity contribution in [2.45, 2.75) is 52.6 Å². The van der Waals surface area contributed by atoms with Gasteiger partial charge in [-0.05, 0) is 26.7 Å². The first-order valence-corrected chi connectivity index (χ1v) is 7.59. The van der Waals surface area contributed by atoms with Gasteiger partial charge in [0.15, 0.2) is 0 Å². The number of ether oxygens (including phenoxy) is 1. The van der Waals surface area contributed by atoms with Gasteiger partial charge in [0.05, 0.1) is 12.2 Å². The van der Waals surface area contributed by atoms with Crippen molar-refractivity contribution in [1.29, 1.82) is 0 Å². The Bertz CT molecular complexity index is 426. The topological polar surface area (TPSA) is 92.2 Å². The van der Waals surface area contributed by atoms with Gasteiger partial charge in [0.2, 0.25) is 11.9 Å². The maximum absolute atomic E-state index is 10.2. The third kappa shape index (κ3) is 6.57. The van der Waals surface area contributed by atoms with Crippen molar-refractivity contribution < 1.29 is 9.84 Å².